The SMILES string of the molecule is CCCCC(=O)Nc1cc(N2CCN(C=O)CC2)ccc1OC. The van der Waals surface area contributed by atoms with E-state index >= 15 is 0 Å². The van der Waals surface area contributed by atoms with E-state index in [0.717, 1.165) is 38.0 Å². The van der Waals surface area contributed by atoms with Gasteiger partial charge in [-0.1, -0.05) is 13.3 Å². The fraction of sp³-hybridized carbons (Fsp3) is 0.529. The van der Waals surface area contributed by atoms with Gasteiger partial charge in [0.05, 0.1) is 12.8 Å². The fourth-order valence-electron chi connectivity index (χ4n) is 2.63. The van der Waals surface area contributed by atoms with Gasteiger partial charge in [-0.2, -0.15) is 0 Å². The molecule has 23 heavy (non-hydrogen) atoms. The molecule has 1 aliphatic rings. The van der Waals surface area contributed by atoms with Gasteiger partial charge in [0.15, 0.2) is 0 Å². The summed E-state index contributed by atoms with van der Waals surface area (Å²) in [4.78, 5) is 26.8. The van der Waals surface area contributed by atoms with Crippen molar-refractivity contribution >= 4 is 23.7 Å². The zero-order valence-corrected chi connectivity index (χ0v) is 13.9. The van der Waals surface area contributed by atoms with E-state index in [0.29, 0.717) is 30.9 Å². The molecule has 2 rings (SSSR count). The lowest BCUT2D eigenvalue weighted by atomic mass is 10.2. The number of hydrogen-bond donors (Lipinski definition) is 1. The predicted molar refractivity (Wildman–Crippen MR) is 91.0 cm³/mol. The molecule has 0 spiro atoms. The van der Waals surface area contributed by atoms with Gasteiger partial charge in [0.25, 0.3) is 0 Å². The standard InChI is InChI=1S/C17H25N3O3/c1-3-4-5-17(22)18-15-12-14(6-7-16(15)23-2)20-10-8-19(13-21)9-11-20/h6-7,12-13H,3-5,8-11H2,1-2H3,(H,18,22). The topological polar surface area (TPSA) is 61.9 Å². The van der Waals surface area contributed by atoms with Crippen molar-refractivity contribution in [1.82, 2.24) is 4.90 Å². The van der Waals surface area contributed by atoms with Crippen molar-refractivity contribution in [2.24, 2.45) is 0 Å². The molecule has 1 saturated heterocycles. The minimum atomic E-state index is 0.00748. The van der Waals surface area contributed by atoms with E-state index in [1.807, 2.05) is 18.2 Å². The Bertz CT molecular complexity index is 540. The average Bonchev–Trinajstić information content (AvgIpc) is 2.60. The van der Waals surface area contributed by atoms with Crippen LogP contribution in [0, 0.1) is 0 Å². The van der Waals surface area contributed by atoms with Crippen LogP contribution in [0.1, 0.15) is 26.2 Å². The largest absolute Gasteiger partial charge is 0.495 e. The van der Waals surface area contributed by atoms with Gasteiger partial charge in [-0.05, 0) is 24.6 Å². The second kappa shape index (κ2) is 8.41. The van der Waals surface area contributed by atoms with Crippen molar-refractivity contribution in [2.45, 2.75) is 26.2 Å². The van der Waals surface area contributed by atoms with E-state index in [2.05, 4.69) is 17.1 Å². The smallest absolute Gasteiger partial charge is 0.224 e. The zero-order chi connectivity index (χ0) is 16.7. The number of nitrogens with zero attached hydrogens (tertiary/aromatic N) is 2. The Morgan fingerprint density at radius 3 is 2.65 bits per heavy atom. The molecular weight excluding hydrogens is 294 g/mol. The summed E-state index contributed by atoms with van der Waals surface area (Å²) in [6.45, 7) is 5.07. The third kappa shape index (κ3) is 4.61. The van der Waals surface area contributed by atoms with Crippen LogP contribution in [0.4, 0.5) is 11.4 Å². The lowest BCUT2D eigenvalue weighted by Gasteiger charge is -2.34. The maximum atomic E-state index is 12.0. The van der Waals surface area contributed by atoms with Crippen LogP contribution in [0.3, 0.4) is 0 Å². The maximum Gasteiger partial charge on any atom is 0.224 e. The number of carbonyl (C=O) groups is 2. The summed E-state index contributed by atoms with van der Waals surface area (Å²) < 4.78 is 5.34. The van der Waals surface area contributed by atoms with Crippen molar-refractivity contribution in [3.8, 4) is 5.75 Å². The van der Waals surface area contributed by atoms with Crippen molar-refractivity contribution in [1.29, 1.82) is 0 Å². The number of benzene rings is 1. The van der Waals surface area contributed by atoms with Gasteiger partial charge >= 0.3 is 0 Å². The second-order valence-corrected chi connectivity index (χ2v) is 5.66. The highest BCUT2D eigenvalue weighted by Gasteiger charge is 2.17. The first-order valence-corrected chi connectivity index (χ1v) is 8.10. The molecule has 1 aromatic rings. The Morgan fingerprint density at radius 2 is 2.04 bits per heavy atom. The molecule has 1 aromatic carbocycles. The highest BCUT2D eigenvalue weighted by molar-refractivity contribution is 5.93. The summed E-state index contributed by atoms with van der Waals surface area (Å²) in [6.07, 6.45) is 3.28. The Kier molecular flexibility index (Phi) is 6.26. The van der Waals surface area contributed by atoms with Gasteiger partial charge in [-0.25, -0.2) is 0 Å². The number of carbonyl (C=O) groups excluding carboxylic acids is 2. The van der Waals surface area contributed by atoms with Crippen LogP contribution in [0.25, 0.3) is 0 Å². The van der Waals surface area contributed by atoms with Crippen LogP contribution in [0.2, 0.25) is 0 Å². The van der Waals surface area contributed by atoms with Crippen LogP contribution in [-0.2, 0) is 9.59 Å². The summed E-state index contributed by atoms with van der Waals surface area (Å²) >= 11 is 0. The van der Waals surface area contributed by atoms with E-state index in [9.17, 15) is 9.59 Å². The molecule has 1 N–H and O–H groups in total. The third-order valence-corrected chi connectivity index (χ3v) is 4.04. The summed E-state index contributed by atoms with van der Waals surface area (Å²) in [7, 11) is 1.60. The number of nitrogens with one attached hydrogen (secondary N) is 1. The fourth-order valence-corrected chi connectivity index (χ4v) is 2.63. The van der Waals surface area contributed by atoms with E-state index in [-0.39, 0.29) is 5.91 Å². The van der Waals surface area contributed by atoms with Crippen molar-refractivity contribution in [3.63, 3.8) is 0 Å². The molecule has 0 saturated carbocycles. The molecule has 2 amide bonds. The Balaban J connectivity index is 2.09. The van der Waals surface area contributed by atoms with Gasteiger partial charge in [0.1, 0.15) is 5.75 Å². The molecule has 0 radical (unpaired) electrons. The molecule has 1 aliphatic heterocycles. The Morgan fingerprint density at radius 1 is 1.30 bits per heavy atom. The first-order chi connectivity index (χ1) is 11.2. The second-order valence-electron chi connectivity index (χ2n) is 5.66. The van der Waals surface area contributed by atoms with Crippen LogP contribution in [-0.4, -0.2) is 50.5 Å². The summed E-state index contributed by atoms with van der Waals surface area (Å²) in [5.41, 5.74) is 1.73. The number of methoxy groups -OCH3 is 1. The van der Waals surface area contributed by atoms with Crippen LogP contribution < -0.4 is 15.0 Å². The molecule has 0 bridgehead atoms. The van der Waals surface area contributed by atoms with Gasteiger partial charge in [-0.3, -0.25) is 9.59 Å². The van der Waals surface area contributed by atoms with Gasteiger partial charge in [0, 0.05) is 38.3 Å². The number of amides is 2. The Hall–Kier alpha value is -2.24. The normalized spacial score (nSPS) is 14.5. The third-order valence-electron chi connectivity index (χ3n) is 4.04. The number of rotatable bonds is 7. The molecule has 126 valence electrons. The number of ether oxygens (including phenoxy) is 1. The minimum Gasteiger partial charge on any atom is -0.495 e. The van der Waals surface area contributed by atoms with Crippen molar-refractivity contribution < 1.29 is 14.3 Å². The van der Waals surface area contributed by atoms with E-state index in [4.69, 9.17) is 4.74 Å². The van der Waals surface area contributed by atoms with Crippen molar-refractivity contribution in [2.75, 3.05) is 43.5 Å². The summed E-state index contributed by atoms with van der Waals surface area (Å²) in [5.74, 6) is 0.665. The number of hydrogen-bond acceptors (Lipinski definition) is 4. The molecule has 1 fully saturated rings. The van der Waals surface area contributed by atoms with E-state index < -0.39 is 0 Å². The minimum absolute atomic E-state index is 0.00748. The monoisotopic (exact) mass is 319 g/mol. The zero-order valence-electron chi connectivity index (χ0n) is 13.9. The van der Waals surface area contributed by atoms with Gasteiger partial charge in [-0.15, -0.1) is 0 Å². The molecule has 6 nitrogen and oxygen atoms in total. The van der Waals surface area contributed by atoms with Crippen LogP contribution in [0.5, 0.6) is 5.75 Å². The first-order valence-electron chi connectivity index (χ1n) is 8.10. The van der Waals surface area contributed by atoms with Gasteiger partial charge < -0.3 is 19.9 Å². The lowest BCUT2D eigenvalue weighted by molar-refractivity contribution is -0.118. The number of anilines is 2. The summed E-state index contributed by atoms with van der Waals surface area (Å²) in [5, 5.41) is 2.94. The van der Waals surface area contributed by atoms with Crippen LogP contribution in [0.15, 0.2) is 18.2 Å². The molecular formula is C17H25N3O3. The lowest BCUT2D eigenvalue weighted by Crippen LogP contribution is -2.45. The molecule has 0 unspecified atom stereocenters. The molecule has 1 heterocycles. The first kappa shape index (κ1) is 17.1. The van der Waals surface area contributed by atoms with E-state index in [1.54, 1.807) is 12.0 Å². The molecule has 0 aliphatic carbocycles. The van der Waals surface area contributed by atoms with Crippen molar-refractivity contribution in [3.05, 3.63) is 18.2 Å². The predicted octanol–water partition coefficient (Wildman–Crippen LogP) is 2.10. The number of unbranched alkanes of at least 4 members (excludes halogenated alkanes) is 1. The van der Waals surface area contributed by atoms with E-state index in [1.165, 1.54) is 0 Å². The highest BCUT2D eigenvalue weighted by atomic mass is 16.5. The maximum absolute atomic E-state index is 12.0. The van der Waals surface area contributed by atoms with Crippen LogP contribution >= 0.6 is 0 Å². The molecule has 6 heteroatoms. The molecule has 0 aromatic heterocycles. The van der Waals surface area contributed by atoms with Gasteiger partial charge in [0.2, 0.25) is 12.3 Å². The quantitative estimate of drug-likeness (QED) is 0.782. The summed E-state index contributed by atoms with van der Waals surface area (Å²) in [6, 6.07) is 5.80. The highest BCUT2D eigenvalue weighted by Crippen LogP contribution is 2.30. The average molecular weight is 319 g/mol. The number of piperazine rings is 1. The Labute approximate surface area is 137 Å². The molecule has 0 atom stereocenters.